The van der Waals surface area contributed by atoms with Gasteiger partial charge in [-0.2, -0.15) is 0 Å². The third-order valence-electron chi connectivity index (χ3n) is 1.81. The third kappa shape index (κ3) is 10.3. The van der Waals surface area contributed by atoms with E-state index in [1.54, 1.807) is 0 Å². The zero-order valence-electron chi connectivity index (χ0n) is 9.29. The first-order chi connectivity index (χ1) is 6.52. The van der Waals surface area contributed by atoms with E-state index in [0.717, 1.165) is 12.3 Å². The van der Waals surface area contributed by atoms with Crippen LogP contribution in [-0.2, 0) is 4.79 Å². The van der Waals surface area contributed by atoms with E-state index in [4.69, 9.17) is 5.73 Å². The van der Waals surface area contributed by atoms with Crippen molar-refractivity contribution in [1.82, 2.24) is 0 Å². The van der Waals surface area contributed by atoms with Gasteiger partial charge in [0.05, 0.1) is 0 Å². The summed E-state index contributed by atoms with van der Waals surface area (Å²) in [6, 6.07) is 0. The van der Waals surface area contributed by atoms with Gasteiger partial charge in [0.2, 0.25) is 5.91 Å². The third-order valence-corrected chi connectivity index (χ3v) is 4.80. The minimum atomic E-state index is -0.190. The molecule has 14 heavy (non-hydrogen) atoms. The summed E-state index contributed by atoms with van der Waals surface area (Å²) < 4.78 is 0. The van der Waals surface area contributed by atoms with Crippen LogP contribution >= 0.6 is 21.6 Å². The molecule has 0 aromatic carbocycles. The molecule has 0 saturated carbocycles. The Kier molecular flexibility index (Phi) is 8.58. The lowest BCUT2D eigenvalue weighted by Crippen LogP contribution is -2.12. The topological polar surface area (TPSA) is 43.1 Å². The smallest absolute Gasteiger partial charge is 0.217 e. The summed E-state index contributed by atoms with van der Waals surface area (Å²) in [5.41, 5.74) is 5.08. The van der Waals surface area contributed by atoms with Crippen molar-refractivity contribution in [2.24, 2.45) is 11.7 Å². The van der Waals surface area contributed by atoms with E-state index in [0.29, 0.717) is 11.7 Å². The number of amides is 1. The molecule has 0 aliphatic rings. The highest BCUT2D eigenvalue weighted by Gasteiger charge is 2.05. The molecule has 1 unspecified atom stereocenters. The Balaban J connectivity index is 3.26. The molecule has 0 spiro atoms. The summed E-state index contributed by atoms with van der Waals surface area (Å²) >= 11 is 0. The van der Waals surface area contributed by atoms with Gasteiger partial charge in [0, 0.05) is 17.4 Å². The van der Waals surface area contributed by atoms with E-state index >= 15 is 0 Å². The molecule has 0 aliphatic carbocycles. The fraction of sp³-hybridized carbons (Fsp3) is 0.900. The Morgan fingerprint density at radius 1 is 1.29 bits per heavy atom. The first kappa shape index (κ1) is 14.2. The molecule has 0 bridgehead atoms. The number of hydrogen-bond donors (Lipinski definition) is 1. The van der Waals surface area contributed by atoms with Crippen LogP contribution in [0, 0.1) is 5.92 Å². The summed E-state index contributed by atoms with van der Waals surface area (Å²) in [4.78, 5) is 10.5. The summed E-state index contributed by atoms with van der Waals surface area (Å²) in [6.45, 7) is 6.62. The van der Waals surface area contributed by atoms with E-state index in [-0.39, 0.29) is 5.91 Å². The van der Waals surface area contributed by atoms with Crippen LogP contribution in [0.15, 0.2) is 0 Å². The maximum atomic E-state index is 10.5. The van der Waals surface area contributed by atoms with E-state index in [1.807, 2.05) is 21.6 Å². The van der Waals surface area contributed by atoms with Crippen LogP contribution in [0.3, 0.4) is 0 Å². The molecule has 0 saturated heterocycles. The molecule has 1 atom stereocenters. The molecular formula is C10H21NOS2. The van der Waals surface area contributed by atoms with E-state index in [2.05, 4.69) is 20.8 Å². The van der Waals surface area contributed by atoms with Gasteiger partial charge in [0.25, 0.3) is 0 Å². The summed E-state index contributed by atoms with van der Waals surface area (Å²) in [7, 11) is 3.78. The van der Waals surface area contributed by atoms with Gasteiger partial charge >= 0.3 is 0 Å². The maximum Gasteiger partial charge on any atom is 0.217 e. The molecule has 1 amide bonds. The molecular weight excluding hydrogens is 214 g/mol. The van der Waals surface area contributed by atoms with E-state index in [1.165, 1.54) is 12.2 Å². The largest absolute Gasteiger partial charge is 0.370 e. The second-order valence-corrected chi connectivity index (χ2v) is 6.84. The Hall–Kier alpha value is 0.170. The van der Waals surface area contributed by atoms with Crippen molar-refractivity contribution < 1.29 is 4.79 Å². The minimum absolute atomic E-state index is 0.190. The van der Waals surface area contributed by atoms with Gasteiger partial charge in [-0.3, -0.25) is 4.79 Å². The lowest BCUT2D eigenvalue weighted by Gasteiger charge is -2.09. The van der Waals surface area contributed by atoms with Crippen LogP contribution in [0.4, 0.5) is 0 Å². The first-order valence-electron chi connectivity index (χ1n) is 5.09. The number of hydrogen-bond acceptors (Lipinski definition) is 3. The molecule has 4 heteroatoms. The van der Waals surface area contributed by atoms with Gasteiger partial charge in [0.1, 0.15) is 0 Å². The molecule has 2 nitrogen and oxygen atoms in total. The number of nitrogens with two attached hydrogens (primary N) is 1. The van der Waals surface area contributed by atoms with Crippen molar-refractivity contribution in [2.45, 2.75) is 45.3 Å². The highest BCUT2D eigenvalue weighted by Crippen LogP contribution is 2.30. The molecule has 0 aliphatic heterocycles. The van der Waals surface area contributed by atoms with Crippen molar-refractivity contribution in [3.8, 4) is 0 Å². The van der Waals surface area contributed by atoms with Gasteiger partial charge in [-0.1, -0.05) is 42.4 Å². The maximum absolute atomic E-state index is 10.5. The molecule has 0 rings (SSSR count). The van der Waals surface area contributed by atoms with Crippen LogP contribution in [0.25, 0.3) is 0 Å². The van der Waals surface area contributed by atoms with Crippen LogP contribution in [0.2, 0.25) is 0 Å². The lowest BCUT2D eigenvalue weighted by molar-refractivity contribution is -0.118. The number of rotatable bonds is 8. The molecule has 2 N–H and O–H groups in total. The van der Waals surface area contributed by atoms with Gasteiger partial charge in [-0.05, 0) is 18.8 Å². The highest BCUT2D eigenvalue weighted by atomic mass is 33.1. The monoisotopic (exact) mass is 235 g/mol. The highest BCUT2D eigenvalue weighted by molar-refractivity contribution is 8.76. The first-order valence-corrected chi connectivity index (χ1v) is 7.47. The van der Waals surface area contributed by atoms with Crippen molar-refractivity contribution in [2.75, 3.05) is 5.75 Å². The van der Waals surface area contributed by atoms with Crippen LogP contribution in [0.5, 0.6) is 0 Å². The predicted octanol–water partition coefficient (Wildman–Crippen LogP) is 3.07. The minimum Gasteiger partial charge on any atom is -0.370 e. The van der Waals surface area contributed by atoms with Gasteiger partial charge in [-0.25, -0.2) is 0 Å². The fourth-order valence-corrected chi connectivity index (χ4v) is 3.51. The molecule has 0 heterocycles. The van der Waals surface area contributed by atoms with Crippen molar-refractivity contribution in [3.63, 3.8) is 0 Å². The van der Waals surface area contributed by atoms with Crippen molar-refractivity contribution in [3.05, 3.63) is 0 Å². The molecule has 0 aromatic heterocycles. The van der Waals surface area contributed by atoms with Crippen molar-refractivity contribution >= 4 is 27.5 Å². The van der Waals surface area contributed by atoms with Gasteiger partial charge < -0.3 is 5.73 Å². The Morgan fingerprint density at radius 2 is 1.93 bits per heavy atom. The molecule has 84 valence electrons. The summed E-state index contributed by atoms with van der Waals surface area (Å²) in [5, 5.41) is 0.527. The SMILES string of the molecule is CC(C)CCSSC(C)CCC(N)=O. The van der Waals surface area contributed by atoms with Gasteiger partial charge in [0.15, 0.2) is 0 Å². The van der Waals surface area contributed by atoms with E-state index < -0.39 is 0 Å². The lowest BCUT2D eigenvalue weighted by atomic mass is 10.2. The number of primary amides is 1. The second kappa shape index (κ2) is 8.48. The average molecular weight is 235 g/mol. The van der Waals surface area contributed by atoms with E-state index in [9.17, 15) is 4.79 Å². The Morgan fingerprint density at radius 3 is 2.43 bits per heavy atom. The van der Waals surface area contributed by atoms with Crippen LogP contribution < -0.4 is 5.73 Å². The van der Waals surface area contributed by atoms with Crippen LogP contribution in [0.1, 0.15) is 40.0 Å². The summed E-state index contributed by atoms with van der Waals surface area (Å²) in [6.07, 6.45) is 2.67. The summed E-state index contributed by atoms with van der Waals surface area (Å²) in [5.74, 6) is 1.79. The number of carbonyl (C=O) groups is 1. The van der Waals surface area contributed by atoms with Crippen LogP contribution in [-0.4, -0.2) is 16.9 Å². The number of carbonyl (C=O) groups excluding carboxylic acids is 1. The van der Waals surface area contributed by atoms with Crippen molar-refractivity contribution in [1.29, 1.82) is 0 Å². The zero-order valence-corrected chi connectivity index (χ0v) is 10.9. The average Bonchev–Trinajstić information content (AvgIpc) is 2.08. The molecule has 0 radical (unpaired) electrons. The molecule has 0 fully saturated rings. The predicted molar refractivity (Wildman–Crippen MR) is 67.4 cm³/mol. The second-order valence-electron chi connectivity index (χ2n) is 3.92. The normalized spacial score (nSPS) is 13.1. The molecule has 0 aromatic rings. The fourth-order valence-electron chi connectivity index (χ4n) is 0.842. The quantitative estimate of drug-likeness (QED) is 0.519. The zero-order chi connectivity index (χ0) is 11.0. The van der Waals surface area contributed by atoms with Gasteiger partial charge in [-0.15, -0.1) is 0 Å². The Bertz CT molecular complexity index is 162. The Labute approximate surface area is 95.2 Å². The standard InChI is InChI=1S/C10H21NOS2/c1-8(2)6-7-13-14-9(3)4-5-10(11)12/h8-9H,4-7H2,1-3H3,(H2,11,12).